The lowest BCUT2D eigenvalue weighted by atomic mass is 10.2. The van der Waals surface area contributed by atoms with Gasteiger partial charge in [-0.2, -0.15) is 0 Å². The highest BCUT2D eigenvalue weighted by Crippen LogP contribution is 2.23. The fraction of sp³-hybridized carbons (Fsp3) is 0.455. The van der Waals surface area contributed by atoms with Crippen LogP contribution < -0.4 is 5.73 Å². The molecule has 0 bridgehead atoms. The second kappa shape index (κ2) is 5.12. The monoisotopic (exact) mass is 241 g/mol. The molecular formula is C11H15NO3S. The highest BCUT2D eigenvalue weighted by Gasteiger charge is 2.18. The molecule has 0 radical (unpaired) electrons. The maximum atomic E-state index is 11.6. The van der Waals surface area contributed by atoms with E-state index in [1.54, 1.807) is 6.07 Å². The number of nitrogens with two attached hydrogens (primary N) is 1. The first kappa shape index (κ1) is 12.7. The Morgan fingerprint density at radius 3 is 2.62 bits per heavy atom. The first-order chi connectivity index (χ1) is 7.45. The molecular weight excluding hydrogens is 226 g/mol. The normalized spacial score (nSPS) is 12.2. The average Bonchev–Trinajstić information content (AvgIpc) is 2.59. The van der Waals surface area contributed by atoms with Gasteiger partial charge in [0.25, 0.3) is 5.91 Å². The van der Waals surface area contributed by atoms with Crippen molar-refractivity contribution in [2.75, 3.05) is 0 Å². The second-order valence-electron chi connectivity index (χ2n) is 3.52. The largest absolute Gasteiger partial charge is 0.448 e. The van der Waals surface area contributed by atoms with Crippen LogP contribution in [0.25, 0.3) is 0 Å². The first-order valence-electron chi connectivity index (χ1n) is 5.05. The molecule has 1 amide bonds. The molecule has 1 atom stereocenters. The maximum absolute atomic E-state index is 11.6. The van der Waals surface area contributed by atoms with Crippen LogP contribution in [0.1, 0.15) is 34.0 Å². The fourth-order valence-corrected chi connectivity index (χ4v) is 2.24. The third-order valence-corrected chi connectivity index (χ3v) is 3.59. The van der Waals surface area contributed by atoms with E-state index in [1.165, 1.54) is 18.3 Å². The molecule has 88 valence electrons. The van der Waals surface area contributed by atoms with Crippen LogP contribution in [-0.2, 0) is 16.0 Å². The van der Waals surface area contributed by atoms with Crippen molar-refractivity contribution in [2.45, 2.75) is 33.3 Å². The van der Waals surface area contributed by atoms with E-state index < -0.39 is 18.0 Å². The second-order valence-corrected chi connectivity index (χ2v) is 4.66. The van der Waals surface area contributed by atoms with E-state index in [1.807, 2.05) is 13.8 Å². The van der Waals surface area contributed by atoms with Crippen molar-refractivity contribution in [3.8, 4) is 0 Å². The number of amides is 1. The lowest BCUT2D eigenvalue weighted by Gasteiger charge is -2.07. The van der Waals surface area contributed by atoms with Crippen molar-refractivity contribution in [1.82, 2.24) is 0 Å². The van der Waals surface area contributed by atoms with E-state index in [0.717, 1.165) is 16.9 Å². The molecule has 16 heavy (non-hydrogen) atoms. The van der Waals surface area contributed by atoms with Crippen molar-refractivity contribution < 1.29 is 14.3 Å². The Kier molecular flexibility index (Phi) is 4.06. The van der Waals surface area contributed by atoms with Crippen LogP contribution in [0.5, 0.6) is 0 Å². The Hall–Kier alpha value is -1.36. The number of aryl methyl sites for hydroxylation is 2. The Morgan fingerprint density at radius 2 is 2.19 bits per heavy atom. The fourth-order valence-electron chi connectivity index (χ4n) is 1.25. The standard InChI is InChI=1S/C11H15NO3S/c1-4-8-6(2)5-9(16-8)11(14)15-7(3)10(12)13/h5,7H,4H2,1-3H3,(H2,12,13)/t7-/m1/s1. The van der Waals surface area contributed by atoms with Gasteiger partial charge >= 0.3 is 5.97 Å². The Labute approximate surface area is 98.4 Å². The molecule has 1 aromatic rings. The topological polar surface area (TPSA) is 69.4 Å². The van der Waals surface area contributed by atoms with Gasteiger partial charge in [-0.3, -0.25) is 4.79 Å². The molecule has 5 heteroatoms. The van der Waals surface area contributed by atoms with Crippen LogP contribution in [0.3, 0.4) is 0 Å². The van der Waals surface area contributed by atoms with E-state index in [2.05, 4.69) is 0 Å². The maximum Gasteiger partial charge on any atom is 0.349 e. The highest BCUT2D eigenvalue weighted by atomic mass is 32.1. The van der Waals surface area contributed by atoms with Crippen LogP contribution in [-0.4, -0.2) is 18.0 Å². The molecule has 0 unspecified atom stereocenters. The van der Waals surface area contributed by atoms with Crippen molar-refractivity contribution in [3.05, 3.63) is 21.4 Å². The predicted molar refractivity (Wildman–Crippen MR) is 62.5 cm³/mol. The van der Waals surface area contributed by atoms with Gasteiger partial charge in [0, 0.05) is 4.88 Å². The zero-order valence-corrected chi connectivity index (χ0v) is 10.4. The molecule has 0 saturated heterocycles. The van der Waals surface area contributed by atoms with Gasteiger partial charge in [0.15, 0.2) is 6.10 Å². The van der Waals surface area contributed by atoms with Gasteiger partial charge in [-0.15, -0.1) is 11.3 Å². The number of hydrogen-bond acceptors (Lipinski definition) is 4. The van der Waals surface area contributed by atoms with Gasteiger partial charge in [-0.05, 0) is 31.9 Å². The van der Waals surface area contributed by atoms with Crippen LogP contribution in [0.15, 0.2) is 6.07 Å². The predicted octanol–water partition coefficient (Wildman–Crippen LogP) is 1.65. The number of thiophene rings is 1. The van der Waals surface area contributed by atoms with Crippen LogP contribution in [0.2, 0.25) is 0 Å². The van der Waals surface area contributed by atoms with E-state index in [9.17, 15) is 9.59 Å². The summed E-state index contributed by atoms with van der Waals surface area (Å²) in [6.07, 6.45) is -0.00482. The summed E-state index contributed by atoms with van der Waals surface area (Å²) >= 11 is 1.39. The van der Waals surface area contributed by atoms with E-state index in [-0.39, 0.29) is 0 Å². The molecule has 0 aromatic carbocycles. The first-order valence-corrected chi connectivity index (χ1v) is 5.87. The quantitative estimate of drug-likeness (QED) is 0.815. The van der Waals surface area contributed by atoms with Gasteiger partial charge in [0.2, 0.25) is 0 Å². The summed E-state index contributed by atoms with van der Waals surface area (Å²) in [5.41, 5.74) is 6.09. The van der Waals surface area contributed by atoms with Crippen LogP contribution >= 0.6 is 11.3 Å². The number of primary amides is 1. The summed E-state index contributed by atoms with van der Waals surface area (Å²) in [7, 11) is 0. The van der Waals surface area contributed by atoms with E-state index in [0.29, 0.717) is 4.88 Å². The minimum Gasteiger partial charge on any atom is -0.448 e. The Balaban J connectivity index is 2.77. The van der Waals surface area contributed by atoms with Gasteiger partial charge in [0.05, 0.1) is 0 Å². The molecule has 2 N–H and O–H groups in total. The SMILES string of the molecule is CCc1sc(C(=O)O[C@H](C)C(N)=O)cc1C. The van der Waals surface area contributed by atoms with Crippen LogP contribution in [0.4, 0.5) is 0 Å². The van der Waals surface area contributed by atoms with Gasteiger partial charge in [0.1, 0.15) is 4.88 Å². The van der Waals surface area contributed by atoms with Crippen molar-refractivity contribution in [3.63, 3.8) is 0 Å². The lowest BCUT2D eigenvalue weighted by Crippen LogP contribution is -2.30. The molecule has 4 nitrogen and oxygen atoms in total. The summed E-state index contributed by atoms with van der Waals surface area (Å²) < 4.78 is 4.91. The third kappa shape index (κ3) is 2.82. The minimum absolute atomic E-state index is 0.487. The Morgan fingerprint density at radius 1 is 1.56 bits per heavy atom. The van der Waals surface area contributed by atoms with E-state index >= 15 is 0 Å². The molecule has 1 aromatic heterocycles. The zero-order valence-electron chi connectivity index (χ0n) is 9.57. The van der Waals surface area contributed by atoms with Gasteiger partial charge in [-0.25, -0.2) is 4.79 Å². The zero-order chi connectivity index (χ0) is 12.3. The van der Waals surface area contributed by atoms with Crippen molar-refractivity contribution >= 4 is 23.2 Å². The number of rotatable bonds is 4. The smallest absolute Gasteiger partial charge is 0.349 e. The third-order valence-electron chi connectivity index (χ3n) is 2.23. The summed E-state index contributed by atoms with van der Waals surface area (Å²) in [4.78, 5) is 24.0. The minimum atomic E-state index is -0.889. The molecule has 1 heterocycles. The number of ether oxygens (including phenoxy) is 1. The molecule has 0 fully saturated rings. The lowest BCUT2D eigenvalue weighted by molar-refractivity contribution is -0.125. The number of hydrogen-bond donors (Lipinski definition) is 1. The van der Waals surface area contributed by atoms with Gasteiger partial charge in [-0.1, -0.05) is 6.92 Å². The summed E-state index contributed by atoms with van der Waals surface area (Å²) in [6, 6.07) is 1.78. The molecule has 0 saturated carbocycles. The molecule has 0 aliphatic carbocycles. The summed E-state index contributed by atoms with van der Waals surface area (Å²) in [6.45, 7) is 5.44. The Bertz CT molecular complexity index is 411. The van der Waals surface area contributed by atoms with E-state index in [4.69, 9.17) is 10.5 Å². The average molecular weight is 241 g/mol. The number of carbonyl (C=O) groups is 2. The molecule has 0 spiro atoms. The van der Waals surface area contributed by atoms with Crippen molar-refractivity contribution in [1.29, 1.82) is 0 Å². The number of carbonyl (C=O) groups excluding carboxylic acids is 2. The highest BCUT2D eigenvalue weighted by molar-refractivity contribution is 7.14. The number of esters is 1. The van der Waals surface area contributed by atoms with Crippen LogP contribution in [0, 0.1) is 6.92 Å². The van der Waals surface area contributed by atoms with Gasteiger partial charge < -0.3 is 10.5 Å². The summed E-state index contributed by atoms with van der Waals surface area (Å²) in [5, 5.41) is 0. The summed E-state index contributed by atoms with van der Waals surface area (Å²) in [5.74, 6) is -1.13. The molecule has 0 aliphatic rings. The molecule has 0 aliphatic heterocycles. The molecule has 1 rings (SSSR count). The van der Waals surface area contributed by atoms with Crippen molar-refractivity contribution in [2.24, 2.45) is 5.73 Å².